The van der Waals surface area contributed by atoms with E-state index in [2.05, 4.69) is 13.8 Å². The molecule has 1 fully saturated rings. The smallest absolute Gasteiger partial charge is 0.305 e. The fraction of sp³-hybridized carbons (Fsp3) is 0.889. The van der Waals surface area contributed by atoms with Crippen molar-refractivity contribution in [2.24, 2.45) is 11.8 Å². The molecule has 128 valence electrons. The van der Waals surface area contributed by atoms with E-state index in [4.69, 9.17) is 9.47 Å². The fourth-order valence-corrected chi connectivity index (χ4v) is 2.77. The second-order valence-electron chi connectivity index (χ2n) is 6.46. The molecule has 0 radical (unpaired) electrons. The van der Waals surface area contributed by atoms with Crippen molar-refractivity contribution < 1.29 is 19.1 Å². The van der Waals surface area contributed by atoms with Crippen LogP contribution >= 0.6 is 0 Å². The molecule has 0 amide bonds. The molecule has 4 nitrogen and oxygen atoms in total. The van der Waals surface area contributed by atoms with Crippen LogP contribution in [0.2, 0.25) is 0 Å². The summed E-state index contributed by atoms with van der Waals surface area (Å²) in [4.78, 5) is 23.0. The van der Waals surface area contributed by atoms with E-state index >= 15 is 0 Å². The van der Waals surface area contributed by atoms with E-state index in [1.54, 1.807) is 0 Å². The highest BCUT2D eigenvalue weighted by molar-refractivity contribution is 5.69. The number of ether oxygens (including phenoxy) is 2. The number of hydrogen-bond donors (Lipinski definition) is 0. The molecule has 1 saturated carbocycles. The molecule has 1 rings (SSSR count). The van der Waals surface area contributed by atoms with E-state index in [9.17, 15) is 9.59 Å². The molecule has 0 aliphatic heterocycles. The molecular weight excluding hydrogens is 280 g/mol. The van der Waals surface area contributed by atoms with Crippen LogP contribution in [0.5, 0.6) is 0 Å². The first kappa shape index (κ1) is 19.0. The zero-order chi connectivity index (χ0) is 16.2. The van der Waals surface area contributed by atoms with Crippen molar-refractivity contribution in [1.29, 1.82) is 0 Å². The SMILES string of the molecule is CCCCC(=O)OCC1CCC(COC(=O)CCCC)CC1. The minimum absolute atomic E-state index is 0.0613. The molecule has 1 aliphatic rings. The Balaban J connectivity index is 2.08. The summed E-state index contributed by atoms with van der Waals surface area (Å²) >= 11 is 0. The third-order valence-corrected chi connectivity index (χ3v) is 4.40. The van der Waals surface area contributed by atoms with Crippen LogP contribution in [-0.2, 0) is 19.1 Å². The Morgan fingerprint density at radius 2 is 1.14 bits per heavy atom. The molecule has 0 unspecified atom stereocenters. The highest BCUT2D eigenvalue weighted by Gasteiger charge is 2.23. The molecular formula is C18H32O4. The van der Waals surface area contributed by atoms with Gasteiger partial charge in [-0.3, -0.25) is 9.59 Å². The number of carbonyl (C=O) groups is 2. The molecule has 0 N–H and O–H groups in total. The largest absolute Gasteiger partial charge is 0.465 e. The molecule has 0 spiro atoms. The summed E-state index contributed by atoms with van der Waals surface area (Å²) < 4.78 is 10.7. The van der Waals surface area contributed by atoms with Crippen LogP contribution in [0.15, 0.2) is 0 Å². The Labute approximate surface area is 134 Å². The van der Waals surface area contributed by atoms with E-state index in [0.29, 0.717) is 37.9 Å². The van der Waals surface area contributed by atoms with Gasteiger partial charge < -0.3 is 9.47 Å². The topological polar surface area (TPSA) is 52.6 Å². The third-order valence-electron chi connectivity index (χ3n) is 4.40. The van der Waals surface area contributed by atoms with E-state index in [-0.39, 0.29) is 11.9 Å². The normalized spacial score (nSPS) is 21.4. The van der Waals surface area contributed by atoms with Gasteiger partial charge in [-0.25, -0.2) is 0 Å². The zero-order valence-corrected chi connectivity index (χ0v) is 14.3. The monoisotopic (exact) mass is 312 g/mol. The van der Waals surface area contributed by atoms with Crippen LogP contribution in [0.25, 0.3) is 0 Å². The van der Waals surface area contributed by atoms with E-state index < -0.39 is 0 Å². The maximum absolute atomic E-state index is 11.5. The number of rotatable bonds is 10. The Morgan fingerprint density at radius 1 is 0.773 bits per heavy atom. The molecule has 0 heterocycles. The van der Waals surface area contributed by atoms with Crippen LogP contribution < -0.4 is 0 Å². The van der Waals surface area contributed by atoms with Crippen molar-refractivity contribution in [3.63, 3.8) is 0 Å². The van der Waals surface area contributed by atoms with Gasteiger partial charge >= 0.3 is 11.9 Å². The van der Waals surface area contributed by atoms with Crippen LogP contribution in [0.1, 0.15) is 78.1 Å². The number of carbonyl (C=O) groups excluding carboxylic acids is 2. The maximum atomic E-state index is 11.5. The molecule has 4 heteroatoms. The summed E-state index contributed by atoms with van der Waals surface area (Å²) in [7, 11) is 0. The summed E-state index contributed by atoms with van der Waals surface area (Å²) in [5.74, 6) is 0.845. The van der Waals surface area contributed by atoms with Crippen LogP contribution in [0.3, 0.4) is 0 Å². The van der Waals surface area contributed by atoms with E-state index in [1.165, 1.54) is 0 Å². The fourth-order valence-electron chi connectivity index (χ4n) is 2.77. The average molecular weight is 312 g/mol. The van der Waals surface area contributed by atoms with Crippen LogP contribution in [0, 0.1) is 11.8 Å². The van der Waals surface area contributed by atoms with Gasteiger partial charge in [0, 0.05) is 12.8 Å². The van der Waals surface area contributed by atoms with E-state index in [1.807, 2.05) is 0 Å². The lowest BCUT2D eigenvalue weighted by molar-refractivity contribution is -0.147. The highest BCUT2D eigenvalue weighted by atomic mass is 16.5. The summed E-state index contributed by atoms with van der Waals surface area (Å²) in [5, 5.41) is 0. The van der Waals surface area contributed by atoms with Gasteiger partial charge in [-0.15, -0.1) is 0 Å². The Kier molecular flexibility index (Phi) is 9.93. The first-order valence-corrected chi connectivity index (χ1v) is 8.96. The summed E-state index contributed by atoms with van der Waals surface area (Å²) in [5.41, 5.74) is 0. The maximum Gasteiger partial charge on any atom is 0.305 e. The van der Waals surface area contributed by atoms with Crippen LogP contribution in [0.4, 0.5) is 0 Å². The Bertz CT molecular complexity index is 287. The quantitative estimate of drug-likeness (QED) is 0.566. The van der Waals surface area contributed by atoms with Crippen molar-refractivity contribution in [2.75, 3.05) is 13.2 Å². The Morgan fingerprint density at radius 3 is 1.45 bits per heavy atom. The number of hydrogen-bond acceptors (Lipinski definition) is 4. The van der Waals surface area contributed by atoms with E-state index in [0.717, 1.165) is 51.4 Å². The van der Waals surface area contributed by atoms with Gasteiger partial charge in [-0.05, 0) is 50.4 Å². The molecule has 0 atom stereocenters. The summed E-state index contributed by atoms with van der Waals surface area (Å²) in [6, 6.07) is 0. The lowest BCUT2D eigenvalue weighted by Gasteiger charge is -2.27. The highest BCUT2D eigenvalue weighted by Crippen LogP contribution is 2.29. The van der Waals surface area contributed by atoms with Crippen molar-refractivity contribution in [2.45, 2.75) is 78.1 Å². The minimum atomic E-state index is -0.0613. The first-order chi connectivity index (χ1) is 10.7. The molecule has 22 heavy (non-hydrogen) atoms. The van der Waals surface area contributed by atoms with Gasteiger partial charge in [0.05, 0.1) is 13.2 Å². The number of esters is 2. The molecule has 0 bridgehead atoms. The number of unbranched alkanes of at least 4 members (excludes halogenated alkanes) is 2. The van der Waals surface area contributed by atoms with Crippen molar-refractivity contribution in [3.8, 4) is 0 Å². The lowest BCUT2D eigenvalue weighted by atomic mass is 9.83. The van der Waals surface area contributed by atoms with Gasteiger partial charge in [0.1, 0.15) is 0 Å². The molecule has 0 aromatic heterocycles. The zero-order valence-electron chi connectivity index (χ0n) is 14.3. The second kappa shape index (κ2) is 11.5. The average Bonchev–Trinajstić information content (AvgIpc) is 2.55. The van der Waals surface area contributed by atoms with Crippen molar-refractivity contribution in [3.05, 3.63) is 0 Å². The molecule has 1 aliphatic carbocycles. The van der Waals surface area contributed by atoms with Crippen molar-refractivity contribution in [1.82, 2.24) is 0 Å². The Hall–Kier alpha value is -1.06. The van der Waals surface area contributed by atoms with Gasteiger partial charge in [-0.2, -0.15) is 0 Å². The van der Waals surface area contributed by atoms with Gasteiger partial charge in [0.15, 0.2) is 0 Å². The predicted molar refractivity (Wildman–Crippen MR) is 86.4 cm³/mol. The molecule has 0 aromatic rings. The van der Waals surface area contributed by atoms with Gasteiger partial charge in [-0.1, -0.05) is 26.7 Å². The van der Waals surface area contributed by atoms with Gasteiger partial charge in [0.25, 0.3) is 0 Å². The lowest BCUT2D eigenvalue weighted by Crippen LogP contribution is -2.23. The minimum Gasteiger partial charge on any atom is -0.465 e. The molecule has 0 saturated heterocycles. The predicted octanol–water partition coefficient (Wildman–Crippen LogP) is 4.26. The second-order valence-corrected chi connectivity index (χ2v) is 6.46. The summed E-state index contributed by atoms with van der Waals surface area (Å²) in [6.07, 6.45) is 9.23. The van der Waals surface area contributed by atoms with Crippen molar-refractivity contribution >= 4 is 11.9 Å². The molecule has 0 aromatic carbocycles. The van der Waals surface area contributed by atoms with Gasteiger partial charge in [0.2, 0.25) is 0 Å². The van der Waals surface area contributed by atoms with Crippen LogP contribution in [-0.4, -0.2) is 25.2 Å². The third kappa shape index (κ3) is 8.40. The standard InChI is InChI=1S/C18H32O4/c1-3-5-7-17(19)21-13-15-9-11-16(12-10-15)14-22-18(20)8-6-4-2/h15-16H,3-14H2,1-2H3. The first-order valence-electron chi connectivity index (χ1n) is 8.96. The summed E-state index contributed by atoms with van der Waals surface area (Å²) in [6.45, 7) is 5.27.